The molecule has 0 unspecified atom stereocenters. The van der Waals surface area contributed by atoms with Crippen molar-refractivity contribution in [3.63, 3.8) is 0 Å². The smallest absolute Gasteiger partial charge is 0.228 e. The van der Waals surface area contributed by atoms with E-state index in [0.29, 0.717) is 18.0 Å². The first-order valence-electron chi connectivity index (χ1n) is 6.64. The number of hydrogen-bond acceptors (Lipinski definition) is 2. The van der Waals surface area contributed by atoms with E-state index in [1.807, 2.05) is 13.0 Å². The standard InChI is InChI=1S/C16H14ClFN2O/c1-9-2-3-12(18)4-11(9)8-19-15-5-10-6-16(21)20-14(10)7-13(15)17/h2-5,7,19H,6,8H2,1H3,(H,20,21). The summed E-state index contributed by atoms with van der Waals surface area (Å²) in [5.74, 6) is -0.286. The third kappa shape index (κ3) is 2.85. The average molecular weight is 305 g/mol. The fraction of sp³-hybridized carbons (Fsp3) is 0.188. The van der Waals surface area contributed by atoms with Gasteiger partial charge in [0.15, 0.2) is 0 Å². The summed E-state index contributed by atoms with van der Waals surface area (Å²) in [4.78, 5) is 11.4. The quantitative estimate of drug-likeness (QED) is 0.903. The van der Waals surface area contributed by atoms with E-state index in [1.165, 1.54) is 12.1 Å². The molecule has 0 aromatic heterocycles. The van der Waals surface area contributed by atoms with E-state index in [1.54, 1.807) is 12.1 Å². The number of fused-ring (bicyclic) bond motifs is 1. The second kappa shape index (κ2) is 5.37. The minimum Gasteiger partial charge on any atom is -0.380 e. The highest BCUT2D eigenvalue weighted by molar-refractivity contribution is 6.33. The molecule has 0 radical (unpaired) electrons. The Balaban J connectivity index is 1.81. The van der Waals surface area contributed by atoms with Crippen LogP contribution in [0.5, 0.6) is 0 Å². The third-order valence-electron chi connectivity index (χ3n) is 3.60. The zero-order valence-electron chi connectivity index (χ0n) is 11.5. The predicted molar refractivity (Wildman–Crippen MR) is 82.2 cm³/mol. The predicted octanol–water partition coefficient (Wildman–Crippen LogP) is 3.89. The van der Waals surface area contributed by atoms with Gasteiger partial charge in [0.05, 0.1) is 17.1 Å². The van der Waals surface area contributed by atoms with Crippen molar-refractivity contribution in [2.24, 2.45) is 0 Å². The Morgan fingerprint density at radius 1 is 1.33 bits per heavy atom. The Morgan fingerprint density at radius 2 is 2.14 bits per heavy atom. The molecule has 1 heterocycles. The number of halogens is 2. The first kappa shape index (κ1) is 13.9. The molecule has 1 aliphatic rings. The summed E-state index contributed by atoms with van der Waals surface area (Å²) in [6.07, 6.45) is 0.361. The van der Waals surface area contributed by atoms with Crippen LogP contribution in [0.4, 0.5) is 15.8 Å². The van der Waals surface area contributed by atoms with Gasteiger partial charge < -0.3 is 10.6 Å². The van der Waals surface area contributed by atoms with E-state index in [0.717, 1.165) is 28.1 Å². The Kier molecular flexibility index (Phi) is 3.55. The Labute approximate surface area is 127 Å². The summed E-state index contributed by atoms with van der Waals surface area (Å²) in [6, 6.07) is 8.30. The van der Waals surface area contributed by atoms with Gasteiger partial charge in [-0.25, -0.2) is 4.39 Å². The third-order valence-corrected chi connectivity index (χ3v) is 3.91. The van der Waals surface area contributed by atoms with Gasteiger partial charge >= 0.3 is 0 Å². The normalized spacial score (nSPS) is 13.0. The van der Waals surface area contributed by atoms with Crippen LogP contribution in [0.1, 0.15) is 16.7 Å². The van der Waals surface area contributed by atoms with Gasteiger partial charge in [-0.3, -0.25) is 4.79 Å². The highest BCUT2D eigenvalue weighted by Crippen LogP contribution is 2.33. The van der Waals surface area contributed by atoms with Crippen molar-refractivity contribution in [1.82, 2.24) is 0 Å². The van der Waals surface area contributed by atoms with Gasteiger partial charge in [-0.2, -0.15) is 0 Å². The number of nitrogens with one attached hydrogen (secondary N) is 2. The monoisotopic (exact) mass is 304 g/mol. The molecular formula is C16H14ClFN2O. The van der Waals surface area contributed by atoms with Crippen LogP contribution in [0.3, 0.4) is 0 Å². The molecule has 1 amide bonds. The van der Waals surface area contributed by atoms with Crippen molar-refractivity contribution >= 4 is 28.9 Å². The molecule has 2 aromatic carbocycles. The highest BCUT2D eigenvalue weighted by atomic mass is 35.5. The van der Waals surface area contributed by atoms with Crippen LogP contribution in [0.2, 0.25) is 5.02 Å². The first-order valence-corrected chi connectivity index (χ1v) is 7.02. The molecular weight excluding hydrogens is 291 g/mol. The number of amides is 1. The van der Waals surface area contributed by atoms with Gasteiger partial charge in [-0.15, -0.1) is 0 Å². The van der Waals surface area contributed by atoms with Crippen molar-refractivity contribution in [1.29, 1.82) is 0 Å². The molecule has 5 heteroatoms. The molecule has 1 aliphatic heterocycles. The van der Waals surface area contributed by atoms with Crippen LogP contribution >= 0.6 is 11.6 Å². The van der Waals surface area contributed by atoms with Gasteiger partial charge in [0, 0.05) is 12.2 Å². The summed E-state index contributed by atoms with van der Waals surface area (Å²) in [7, 11) is 0. The fourth-order valence-corrected chi connectivity index (χ4v) is 2.63. The van der Waals surface area contributed by atoms with E-state index >= 15 is 0 Å². The summed E-state index contributed by atoms with van der Waals surface area (Å²) < 4.78 is 13.3. The van der Waals surface area contributed by atoms with Crippen molar-refractivity contribution in [2.75, 3.05) is 10.6 Å². The lowest BCUT2D eigenvalue weighted by atomic mass is 10.1. The molecule has 2 aromatic rings. The van der Waals surface area contributed by atoms with Crippen molar-refractivity contribution in [3.8, 4) is 0 Å². The van der Waals surface area contributed by atoms with Crippen LogP contribution in [-0.2, 0) is 17.8 Å². The van der Waals surface area contributed by atoms with E-state index in [4.69, 9.17) is 11.6 Å². The Hall–Kier alpha value is -2.07. The zero-order chi connectivity index (χ0) is 15.0. The molecule has 108 valence electrons. The van der Waals surface area contributed by atoms with Gasteiger partial charge in [-0.05, 0) is 47.9 Å². The van der Waals surface area contributed by atoms with Gasteiger partial charge in [0.2, 0.25) is 5.91 Å². The minimum absolute atomic E-state index is 0.0285. The molecule has 0 saturated carbocycles. The second-order valence-corrected chi connectivity index (χ2v) is 5.55. The summed E-state index contributed by atoms with van der Waals surface area (Å²) >= 11 is 6.21. The van der Waals surface area contributed by atoms with Crippen molar-refractivity contribution < 1.29 is 9.18 Å². The van der Waals surface area contributed by atoms with Crippen molar-refractivity contribution in [3.05, 3.63) is 57.9 Å². The fourth-order valence-electron chi connectivity index (χ4n) is 2.40. The van der Waals surface area contributed by atoms with Crippen LogP contribution < -0.4 is 10.6 Å². The zero-order valence-corrected chi connectivity index (χ0v) is 12.2. The topological polar surface area (TPSA) is 41.1 Å². The first-order chi connectivity index (χ1) is 10.0. The van der Waals surface area contributed by atoms with Gasteiger partial charge in [-0.1, -0.05) is 17.7 Å². The lowest BCUT2D eigenvalue weighted by Crippen LogP contribution is -2.03. The number of aryl methyl sites for hydroxylation is 1. The van der Waals surface area contributed by atoms with E-state index in [9.17, 15) is 9.18 Å². The molecule has 0 fully saturated rings. The molecule has 3 rings (SSSR count). The summed E-state index contributed by atoms with van der Waals surface area (Å²) in [5.41, 5.74) is 4.31. The van der Waals surface area contributed by atoms with Crippen LogP contribution in [0.15, 0.2) is 30.3 Å². The van der Waals surface area contributed by atoms with E-state index < -0.39 is 0 Å². The van der Waals surface area contributed by atoms with E-state index in [-0.39, 0.29) is 11.7 Å². The number of benzene rings is 2. The lowest BCUT2D eigenvalue weighted by Gasteiger charge is -2.12. The largest absolute Gasteiger partial charge is 0.380 e. The minimum atomic E-state index is -0.257. The van der Waals surface area contributed by atoms with E-state index in [2.05, 4.69) is 10.6 Å². The molecule has 0 aliphatic carbocycles. The maximum atomic E-state index is 13.3. The number of anilines is 2. The SMILES string of the molecule is Cc1ccc(F)cc1CNc1cc2c(cc1Cl)NC(=O)C2. The van der Waals surface area contributed by atoms with Gasteiger partial charge in [0.25, 0.3) is 0 Å². The molecule has 21 heavy (non-hydrogen) atoms. The maximum absolute atomic E-state index is 13.3. The molecule has 0 spiro atoms. The summed E-state index contributed by atoms with van der Waals surface area (Å²) in [5, 5.41) is 6.49. The number of carbonyl (C=O) groups excluding carboxylic acids is 1. The molecule has 2 N–H and O–H groups in total. The average Bonchev–Trinajstić information content (AvgIpc) is 2.78. The Bertz CT molecular complexity index is 730. The van der Waals surface area contributed by atoms with Gasteiger partial charge in [0.1, 0.15) is 5.82 Å². The molecule has 0 atom stereocenters. The second-order valence-electron chi connectivity index (χ2n) is 5.14. The summed E-state index contributed by atoms with van der Waals surface area (Å²) in [6.45, 7) is 2.41. The molecule has 0 bridgehead atoms. The highest BCUT2D eigenvalue weighted by Gasteiger charge is 2.19. The number of carbonyl (C=O) groups is 1. The number of hydrogen-bond donors (Lipinski definition) is 2. The van der Waals surface area contributed by atoms with Crippen LogP contribution in [0, 0.1) is 12.7 Å². The maximum Gasteiger partial charge on any atom is 0.228 e. The molecule has 0 saturated heterocycles. The molecule has 3 nitrogen and oxygen atoms in total. The van der Waals surface area contributed by atoms with Crippen LogP contribution in [-0.4, -0.2) is 5.91 Å². The van der Waals surface area contributed by atoms with Crippen molar-refractivity contribution in [2.45, 2.75) is 19.9 Å². The Morgan fingerprint density at radius 3 is 2.95 bits per heavy atom. The lowest BCUT2D eigenvalue weighted by molar-refractivity contribution is -0.115. The number of rotatable bonds is 3. The van der Waals surface area contributed by atoms with Crippen LogP contribution in [0.25, 0.3) is 0 Å².